The fourth-order valence-corrected chi connectivity index (χ4v) is 3.46. The van der Waals surface area contributed by atoms with Crippen molar-refractivity contribution < 1.29 is 18.8 Å². The van der Waals surface area contributed by atoms with Gasteiger partial charge in [0.05, 0.1) is 13.5 Å². The van der Waals surface area contributed by atoms with Crippen LogP contribution in [0.15, 0.2) is 54.6 Å². The van der Waals surface area contributed by atoms with Gasteiger partial charge in [-0.15, -0.1) is 0 Å². The van der Waals surface area contributed by atoms with E-state index < -0.39 is 8.32 Å². The summed E-state index contributed by atoms with van der Waals surface area (Å²) in [6.07, 6.45) is 2.98. The highest BCUT2D eigenvalue weighted by Gasteiger charge is 2.39. The Morgan fingerprint density at radius 3 is 2.24 bits per heavy atom. The minimum Gasteiger partial charge on any atom is -0.541 e. The molecule has 154 valence electrons. The normalized spacial score (nSPS) is 12.1. The average Bonchev–Trinajstić information content (AvgIpc) is 2.66. The van der Waals surface area contributed by atoms with Gasteiger partial charge in [-0.1, -0.05) is 63.2 Å². The summed E-state index contributed by atoms with van der Waals surface area (Å²) >= 11 is 0. The van der Waals surface area contributed by atoms with Crippen molar-refractivity contribution in [1.82, 2.24) is 0 Å². The van der Waals surface area contributed by atoms with Crippen LogP contribution < -0.4 is 9.16 Å². The first-order valence-corrected chi connectivity index (χ1v) is 12.6. The van der Waals surface area contributed by atoms with Gasteiger partial charge in [0.25, 0.3) is 8.32 Å². The van der Waals surface area contributed by atoms with Gasteiger partial charge < -0.3 is 9.16 Å². The number of hydrogen-bond acceptors (Lipinski definition) is 4. The third kappa shape index (κ3) is 6.16. The molecule has 0 unspecified atom stereocenters. The van der Waals surface area contributed by atoms with Crippen LogP contribution in [-0.2, 0) is 4.79 Å². The quantitative estimate of drug-likeness (QED) is 0.234. The average molecular weight is 411 g/mol. The molecule has 2 rings (SSSR count). The van der Waals surface area contributed by atoms with Gasteiger partial charge in [-0.05, 0) is 41.9 Å². The van der Waals surface area contributed by atoms with Crippen molar-refractivity contribution in [3.8, 4) is 11.5 Å². The second-order valence-corrected chi connectivity index (χ2v) is 13.3. The molecule has 0 aromatic heterocycles. The number of hydrogen-bond donors (Lipinski definition) is 0. The maximum Gasteiger partial charge on any atom is 0.250 e. The molecule has 0 radical (unpaired) electrons. The zero-order valence-electron chi connectivity index (χ0n) is 18.1. The number of carbonyl (C=O) groups excluding carboxylic acids is 2. The van der Waals surface area contributed by atoms with E-state index in [2.05, 4.69) is 33.9 Å². The molecule has 0 atom stereocenters. The van der Waals surface area contributed by atoms with Crippen LogP contribution in [-0.4, -0.2) is 27.0 Å². The molecule has 0 aliphatic heterocycles. The molecule has 5 heteroatoms. The van der Waals surface area contributed by atoms with Crippen molar-refractivity contribution in [2.45, 2.75) is 45.3 Å². The van der Waals surface area contributed by atoms with Gasteiger partial charge in [0.2, 0.25) is 0 Å². The largest absolute Gasteiger partial charge is 0.541 e. The minimum absolute atomic E-state index is 0.0777. The van der Waals surface area contributed by atoms with E-state index in [4.69, 9.17) is 9.16 Å². The van der Waals surface area contributed by atoms with Crippen LogP contribution in [0, 0.1) is 0 Å². The molecule has 29 heavy (non-hydrogen) atoms. The summed E-state index contributed by atoms with van der Waals surface area (Å²) in [4.78, 5) is 24.3. The molecular weight excluding hydrogens is 380 g/mol. The lowest BCUT2D eigenvalue weighted by Crippen LogP contribution is -2.43. The first kappa shape index (κ1) is 22.6. The summed E-state index contributed by atoms with van der Waals surface area (Å²) in [5.74, 6) is 0.918. The zero-order chi connectivity index (χ0) is 21.7. The lowest BCUT2D eigenvalue weighted by atomic mass is 10.1. The smallest absolute Gasteiger partial charge is 0.250 e. The highest BCUT2D eigenvalue weighted by Crippen LogP contribution is 2.40. The fourth-order valence-electron chi connectivity index (χ4n) is 2.43. The molecule has 0 amide bonds. The van der Waals surface area contributed by atoms with Crippen molar-refractivity contribution in [2.75, 3.05) is 7.11 Å². The summed E-state index contributed by atoms with van der Waals surface area (Å²) in [5.41, 5.74) is 1.35. The Morgan fingerprint density at radius 2 is 1.66 bits per heavy atom. The van der Waals surface area contributed by atoms with E-state index in [9.17, 15) is 9.59 Å². The molecule has 2 aromatic carbocycles. The maximum atomic E-state index is 12.2. The Kier molecular flexibility index (Phi) is 7.20. The van der Waals surface area contributed by atoms with Crippen molar-refractivity contribution in [3.05, 3.63) is 65.7 Å². The molecule has 0 bridgehead atoms. The maximum absolute atomic E-state index is 12.2. The molecule has 0 aliphatic rings. The summed E-state index contributed by atoms with van der Waals surface area (Å²) in [7, 11) is -0.385. The number of ketones is 2. The monoisotopic (exact) mass is 410 g/mol. The first-order valence-electron chi connectivity index (χ1n) is 9.70. The highest BCUT2D eigenvalue weighted by atomic mass is 28.4. The van der Waals surface area contributed by atoms with Crippen LogP contribution in [0.25, 0.3) is 6.08 Å². The van der Waals surface area contributed by atoms with Crippen LogP contribution in [0.1, 0.15) is 43.1 Å². The molecule has 0 saturated carbocycles. The van der Waals surface area contributed by atoms with E-state index in [0.717, 1.165) is 5.56 Å². The molecule has 0 spiro atoms. The molecule has 0 aliphatic carbocycles. The summed E-state index contributed by atoms with van der Waals surface area (Å²) in [6.45, 7) is 10.9. The molecule has 0 heterocycles. The molecule has 0 saturated heterocycles. The van der Waals surface area contributed by atoms with Gasteiger partial charge in [0.1, 0.15) is 5.75 Å². The Labute approximate surface area is 174 Å². The number of allylic oxidation sites excluding steroid dienone is 1. The predicted molar refractivity (Wildman–Crippen MR) is 120 cm³/mol. The summed E-state index contributed by atoms with van der Waals surface area (Å²) in [5, 5.41) is 0.0777. The Morgan fingerprint density at radius 1 is 1.00 bits per heavy atom. The zero-order valence-corrected chi connectivity index (χ0v) is 19.1. The van der Waals surface area contributed by atoms with E-state index in [1.807, 2.05) is 24.3 Å². The van der Waals surface area contributed by atoms with Gasteiger partial charge >= 0.3 is 0 Å². The number of benzene rings is 2. The van der Waals surface area contributed by atoms with Crippen LogP contribution in [0.3, 0.4) is 0 Å². The lowest BCUT2D eigenvalue weighted by Gasteiger charge is -2.36. The lowest BCUT2D eigenvalue weighted by molar-refractivity contribution is -0.113. The second kappa shape index (κ2) is 9.22. The predicted octanol–water partition coefficient (Wildman–Crippen LogP) is 5.93. The minimum atomic E-state index is -1.99. The Balaban J connectivity index is 2.09. The van der Waals surface area contributed by atoms with E-state index >= 15 is 0 Å². The number of rotatable bonds is 8. The Bertz CT molecular complexity index is 893. The van der Waals surface area contributed by atoms with Crippen molar-refractivity contribution in [3.63, 3.8) is 0 Å². The number of Topliss-reactive ketones (excluding diaryl/α,β-unsaturated/α-hetero) is 1. The number of methoxy groups -OCH3 is 1. The summed E-state index contributed by atoms with van der Waals surface area (Å²) in [6, 6.07) is 14.4. The molecule has 4 nitrogen and oxygen atoms in total. The number of carbonyl (C=O) groups is 2. The van der Waals surface area contributed by atoms with Gasteiger partial charge in [0, 0.05) is 5.56 Å². The second-order valence-electron chi connectivity index (χ2n) is 8.54. The highest BCUT2D eigenvalue weighted by molar-refractivity contribution is 6.74. The van der Waals surface area contributed by atoms with Gasteiger partial charge in [0.15, 0.2) is 17.3 Å². The molecule has 2 aromatic rings. The van der Waals surface area contributed by atoms with Crippen molar-refractivity contribution >= 4 is 26.0 Å². The van der Waals surface area contributed by atoms with Crippen LogP contribution >= 0.6 is 0 Å². The van der Waals surface area contributed by atoms with Crippen LogP contribution in [0.2, 0.25) is 18.1 Å². The first-order chi connectivity index (χ1) is 13.5. The third-order valence-electron chi connectivity index (χ3n) is 5.25. The number of ether oxygens (including phenoxy) is 1. The van der Waals surface area contributed by atoms with Crippen molar-refractivity contribution in [2.24, 2.45) is 0 Å². The van der Waals surface area contributed by atoms with Gasteiger partial charge in [-0.2, -0.15) is 0 Å². The SMILES string of the molecule is COc1cc(/C=C/C(=O)CC(=O)c2ccccc2)ccc1O[Si](C)(C)C(C)(C)C. The van der Waals surface area contributed by atoms with E-state index in [0.29, 0.717) is 17.1 Å². The molecular formula is C24H30O4Si. The van der Waals surface area contributed by atoms with Gasteiger partial charge in [-0.3, -0.25) is 9.59 Å². The van der Waals surface area contributed by atoms with E-state index in [-0.39, 0.29) is 23.0 Å². The molecule has 0 fully saturated rings. The Hall–Kier alpha value is -2.66. The van der Waals surface area contributed by atoms with Crippen molar-refractivity contribution in [1.29, 1.82) is 0 Å². The molecule has 0 N–H and O–H groups in total. The third-order valence-corrected chi connectivity index (χ3v) is 9.59. The van der Waals surface area contributed by atoms with Crippen LogP contribution in [0.5, 0.6) is 11.5 Å². The topological polar surface area (TPSA) is 52.6 Å². The fraction of sp³-hybridized carbons (Fsp3) is 0.333. The summed E-state index contributed by atoms with van der Waals surface area (Å²) < 4.78 is 11.8. The van der Waals surface area contributed by atoms with E-state index in [1.165, 1.54) is 6.08 Å². The van der Waals surface area contributed by atoms with E-state index in [1.54, 1.807) is 37.5 Å². The standard InChI is InChI=1S/C24H30O4Si/c1-24(2,3)29(5,6)28-22-15-13-18(16-23(22)27-4)12-14-20(25)17-21(26)19-10-8-7-9-11-19/h7-16H,17H2,1-6H3/b14-12+. The van der Waals surface area contributed by atoms with Gasteiger partial charge in [-0.25, -0.2) is 0 Å². The van der Waals surface area contributed by atoms with Crippen LogP contribution in [0.4, 0.5) is 0 Å².